The number of hydrogen-bond acceptors (Lipinski definition) is 6. The Balaban J connectivity index is 1.44. The van der Waals surface area contributed by atoms with Gasteiger partial charge >= 0.3 is 0 Å². The van der Waals surface area contributed by atoms with Gasteiger partial charge in [-0.3, -0.25) is 19.3 Å². The fourth-order valence-corrected chi connectivity index (χ4v) is 6.38. The predicted octanol–water partition coefficient (Wildman–Crippen LogP) is 7.56. The number of amides is 2. The highest BCUT2D eigenvalue weighted by Crippen LogP contribution is 2.32. The highest BCUT2D eigenvalue weighted by atomic mass is 32.1. The molecule has 1 atom stereocenters. The molecular weight excluding hydrogens is 661 g/mol. The number of nitrogens with zero attached hydrogens (tertiary/aromatic N) is 2. The topological polar surface area (TPSA) is 88.2 Å². The Bertz CT molecular complexity index is 1670. The van der Waals surface area contributed by atoms with Crippen LogP contribution in [0.1, 0.15) is 62.4 Å². The summed E-state index contributed by atoms with van der Waals surface area (Å²) in [6.07, 6.45) is 2.22. The van der Waals surface area contributed by atoms with E-state index in [0.717, 1.165) is 6.92 Å². The van der Waals surface area contributed by atoms with Crippen molar-refractivity contribution in [2.24, 2.45) is 5.92 Å². The van der Waals surface area contributed by atoms with Gasteiger partial charge in [-0.05, 0) is 67.6 Å². The van der Waals surface area contributed by atoms with Crippen LogP contribution in [0.3, 0.4) is 0 Å². The predicted molar refractivity (Wildman–Crippen MR) is 196 cm³/mol. The number of thiocarbonyl (C=S) groups is 1. The number of piperidine rings is 1. The zero-order chi connectivity index (χ0) is 36.4. The molecule has 0 spiro atoms. The number of ketones is 1. The number of Topliss-reactive ketones (excluding diaryl/α,β-unsaturated/α-hetero) is 1. The van der Waals surface area contributed by atoms with Crippen LogP contribution in [-0.4, -0.2) is 66.9 Å². The first-order chi connectivity index (χ1) is 23.9. The molecule has 0 aromatic heterocycles. The van der Waals surface area contributed by atoms with Gasteiger partial charge in [0.1, 0.15) is 12.4 Å². The summed E-state index contributed by atoms with van der Waals surface area (Å²) in [6.45, 7) is 9.74. The third-order valence-electron chi connectivity index (χ3n) is 8.81. The molecule has 3 aromatic carbocycles. The summed E-state index contributed by atoms with van der Waals surface area (Å²) in [5.74, 6) is -3.32. The minimum absolute atomic E-state index is 0.0374. The van der Waals surface area contributed by atoms with E-state index in [1.54, 1.807) is 67.5 Å². The molecular formula is C39H45F2N3O5S. The summed E-state index contributed by atoms with van der Waals surface area (Å²) in [5, 5.41) is 3.04. The number of benzene rings is 3. The molecule has 1 aliphatic heterocycles. The first-order valence-electron chi connectivity index (χ1n) is 16.8. The van der Waals surface area contributed by atoms with E-state index in [0.29, 0.717) is 78.5 Å². The van der Waals surface area contributed by atoms with Gasteiger partial charge in [0.25, 0.3) is 17.7 Å². The quantitative estimate of drug-likeness (QED) is 0.129. The third-order valence-corrected chi connectivity index (χ3v) is 9.24. The van der Waals surface area contributed by atoms with Gasteiger partial charge in [-0.2, -0.15) is 0 Å². The lowest BCUT2D eigenvalue weighted by atomic mass is 9.94. The molecule has 266 valence electrons. The monoisotopic (exact) mass is 705 g/mol. The number of likely N-dealkylation sites (tertiary alicyclic amines) is 1. The molecule has 1 fully saturated rings. The molecule has 3 aromatic rings. The maximum absolute atomic E-state index is 14.0. The first kappa shape index (κ1) is 38.3. The highest BCUT2D eigenvalue weighted by Gasteiger charge is 2.33. The van der Waals surface area contributed by atoms with Crippen LogP contribution in [0.25, 0.3) is 11.1 Å². The normalized spacial score (nSPS) is 14.1. The lowest BCUT2D eigenvalue weighted by Gasteiger charge is -2.34. The van der Waals surface area contributed by atoms with E-state index >= 15 is 0 Å². The fraction of sp³-hybridized carbons (Fsp3) is 0.385. The molecule has 1 heterocycles. The van der Waals surface area contributed by atoms with Crippen molar-refractivity contribution in [3.63, 3.8) is 0 Å². The van der Waals surface area contributed by atoms with Gasteiger partial charge in [-0.1, -0.05) is 74.6 Å². The third kappa shape index (κ3) is 9.39. The zero-order valence-electron chi connectivity index (χ0n) is 29.0. The van der Waals surface area contributed by atoms with Gasteiger partial charge in [-0.25, -0.2) is 8.78 Å². The van der Waals surface area contributed by atoms with E-state index in [9.17, 15) is 23.2 Å². The van der Waals surface area contributed by atoms with Crippen molar-refractivity contribution in [2.45, 2.75) is 58.4 Å². The number of nitrogens with one attached hydrogen (secondary N) is 1. The molecule has 0 aliphatic carbocycles. The van der Waals surface area contributed by atoms with E-state index in [1.165, 1.54) is 17.0 Å². The molecule has 50 heavy (non-hydrogen) atoms. The Morgan fingerprint density at radius 2 is 1.66 bits per heavy atom. The Labute approximate surface area is 298 Å². The minimum Gasteiger partial charge on any atom is -0.497 e. The maximum atomic E-state index is 14.0. The average Bonchev–Trinajstić information content (AvgIpc) is 3.13. The number of alkyl halides is 2. The van der Waals surface area contributed by atoms with E-state index in [1.807, 2.05) is 19.1 Å². The van der Waals surface area contributed by atoms with Crippen molar-refractivity contribution in [3.05, 3.63) is 96.2 Å². The van der Waals surface area contributed by atoms with Crippen LogP contribution in [0.15, 0.2) is 85.1 Å². The van der Waals surface area contributed by atoms with E-state index in [2.05, 4.69) is 11.9 Å². The molecule has 0 saturated carbocycles. The highest BCUT2D eigenvalue weighted by molar-refractivity contribution is 7.80. The molecule has 1 saturated heterocycles. The van der Waals surface area contributed by atoms with Crippen LogP contribution >= 0.6 is 12.2 Å². The summed E-state index contributed by atoms with van der Waals surface area (Å²) < 4.78 is 38.2. The van der Waals surface area contributed by atoms with E-state index < -0.39 is 17.9 Å². The summed E-state index contributed by atoms with van der Waals surface area (Å²) >= 11 is 5.75. The van der Waals surface area contributed by atoms with Crippen molar-refractivity contribution >= 4 is 40.5 Å². The number of hydrogen-bond donors (Lipinski definition) is 1. The Hall–Kier alpha value is -4.48. The molecule has 4 rings (SSSR count). The smallest absolute Gasteiger partial charge is 0.274 e. The summed E-state index contributed by atoms with van der Waals surface area (Å²) in [7, 11) is 1.55. The van der Waals surface area contributed by atoms with Crippen molar-refractivity contribution in [1.29, 1.82) is 0 Å². The number of methoxy groups -OCH3 is 1. The van der Waals surface area contributed by atoms with Crippen molar-refractivity contribution in [3.8, 4) is 16.9 Å². The lowest BCUT2D eigenvalue weighted by molar-refractivity contribution is -0.127. The van der Waals surface area contributed by atoms with Crippen LogP contribution in [0.2, 0.25) is 0 Å². The van der Waals surface area contributed by atoms with Crippen LogP contribution < -0.4 is 15.0 Å². The van der Waals surface area contributed by atoms with Crippen molar-refractivity contribution in [2.75, 3.05) is 38.3 Å². The Morgan fingerprint density at radius 3 is 2.24 bits per heavy atom. The van der Waals surface area contributed by atoms with Crippen LogP contribution in [0.5, 0.6) is 5.75 Å². The van der Waals surface area contributed by atoms with Crippen LogP contribution in [0.4, 0.5) is 14.5 Å². The number of halogens is 2. The maximum Gasteiger partial charge on any atom is 0.274 e. The number of carbonyl (C=O) groups is 3. The molecule has 1 aliphatic rings. The summed E-state index contributed by atoms with van der Waals surface area (Å²) in [6, 6.07) is 19.3. The lowest BCUT2D eigenvalue weighted by Crippen LogP contribution is -2.50. The molecule has 1 N–H and O–H groups in total. The second kappa shape index (κ2) is 17.4. The first-order valence-corrected chi connectivity index (χ1v) is 17.2. The van der Waals surface area contributed by atoms with Gasteiger partial charge in [0.05, 0.1) is 23.8 Å². The molecule has 2 amide bonds. The van der Waals surface area contributed by atoms with Gasteiger partial charge in [-0.15, -0.1) is 0 Å². The number of ether oxygens (including phenoxy) is 2. The Kier molecular flexibility index (Phi) is 13.4. The van der Waals surface area contributed by atoms with Crippen molar-refractivity contribution < 1.29 is 32.6 Å². The minimum atomic E-state index is -2.95. The zero-order valence-corrected chi connectivity index (χ0v) is 29.9. The number of carbonyl (C=O) groups excluding carboxylic acids is 3. The molecule has 0 radical (unpaired) electrons. The van der Waals surface area contributed by atoms with Gasteiger partial charge in [0.2, 0.25) is 0 Å². The van der Waals surface area contributed by atoms with Gasteiger partial charge in [0, 0.05) is 49.4 Å². The molecule has 11 heteroatoms. The molecule has 1 unspecified atom stereocenters. The SMILES string of the molecule is C=C(NC(=S)C1CCN(C(=O)c2ccccc2-c2ccc(C(C)(F)F)cc2)CC1)C(=O)N(c1ccc(OC)cc1)C(CCC)C(=O)COCC. The van der Waals surface area contributed by atoms with Gasteiger partial charge in [0.15, 0.2) is 5.78 Å². The van der Waals surface area contributed by atoms with E-state index in [4.69, 9.17) is 21.7 Å². The molecule has 0 bridgehead atoms. The number of anilines is 1. The number of rotatable bonds is 15. The second-order valence-corrected chi connectivity index (χ2v) is 12.8. The standard InChI is InChI=1S/C39H45F2N3O5S/c1-6-10-34(35(45)25-49-7-2)44(30-17-19-31(48-5)20-18-30)37(46)26(3)42-36(50)28-21-23-43(24-22-28)38(47)33-12-9-8-11-32(33)27-13-15-29(16-14-27)39(4,40)41/h8-9,11-20,28,34H,3,6-7,10,21-25H2,1-2,4-5H3,(H,42,50). The largest absolute Gasteiger partial charge is 0.497 e. The average molecular weight is 706 g/mol. The fourth-order valence-electron chi connectivity index (χ4n) is 6.02. The summed E-state index contributed by atoms with van der Waals surface area (Å²) in [4.78, 5) is 44.6. The van der Waals surface area contributed by atoms with Gasteiger partial charge < -0.3 is 19.7 Å². The molecule has 8 nitrogen and oxygen atoms in total. The Morgan fingerprint density at radius 1 is 1.02 bits per heavy atom. The van der Waals surface area contributed by atoms with Crippen LogP contribution in [-0.2, 0) is 20.2 Å². The van der Waals surface area contributed by atoms with Crippen molar-refractivity contribution in [1.82, 2.24) is 10.2 Å². The van der Waals surface area contributed by atoms with E-state index in [-0.39, 0.29) is 35.5 Å². The van der Waals surface area contributed by atoms with Crippen LogP contribution in [0, 0.1) is 5.92 Å². The second-order valence-electron chi connectivity index (χ2n) is 12.3. The summed E-state index contributed by atoms with van der Waals surface area (Å²) in [5.41, 5.74) is 2.29.